The Morgan fingerprint density at radius 2 is 1.75 bits per heavy atom. The summed E-state index contributed by atoms with van der Waals surface area (Å²) in [5, 5.41) is 17.4. The van der Waals surface area contributed by atoms with Crippen LogP contribution in [-0.2, 0) is 0 Å². The van der Waals surface area contributed by atoms with Crippen molar-refractivity contribution in [1.82, 2.24) is 0 Å². The Bertz CT molecular complexity index is 157. The van der Waals surface area contributed by atoms with Gasteiger partial charge in [0.15, 0.2) is 6.29 Å². The summed E-state index contributed by atoms with van der Waals surface area (Å²) >= 11 is 0. The maximum absolute atomic E-state index is 12.6. The standard InChI is InChI=1S/C8H14F2O2/c1-4(5(2)9)7(6(3)10)8(11)12/h4-5,7-8,11-12H,3H2,1-2H3/t4-,5+,7-/m1/s1. The Labute approximate surface area is 70.5 Å². The zero-order chi connectivity index (χ0) is 9.89. The van der Waals surface area contributed by atoms with Gasteiger partial charge < -0.3 is 10.2 Å². The molecule has 0 amide bonds. The van der Waals surface area contributed by atoms with Crippen molar-refractivity contribution in [3.8, 4) is 0 Å². The summed E-state index contributed by atoms with van der Waals surface area (Å²) in [5.41, 5.74) is 0. The molecule has 0 saturated carbocycles. The van der Waals surface area contributed by atoms with E-state index < -0.39 is 30.1 Å². The molecule has 0 aromatic carbocycles. The lowest BCUT2D eigenvalue weighted by atomic mass is 9.89. The van der Waals surface area contributed by atoms with Crippen molar-refractivity contribution in [3.05, 3.63) is 12.4 Å². The van der Waals surface area contributed by atoms with Crippen LogP contribution in [0.15, 0.2) is 12.4 Å². The van der Waals surface area contributed by atoms with E-state index in [0.29, 0.717) is 0 Å². The van der Waals surface area contributed by atoms with Crippen LogP contribution in [0, 0.1) is 11.8 Å². The van der Waals surface area contributed by atoms with E-state index in [1.807, 2.05) is 0 Å². The fraction of sp³-hybridized carbons (Fsp3) is 0.750. The van der Waals surface area contributed by atoms with Crippen LogP contribution in [0.2, 0.25) is 0 Å². The van der Waals surface area contributed by atoms with E-state index in [1.165, 1.54) is 13.8 Å². The molecule has 2 nitrogen and oxygen atoms in total. The van der Waals surface area contributed by atoms with Crippen LogP contribution < -0.4 is 0 Å². The molecule has 0 heterocycles. The normalized spacial score (nSPS) is 18.9. The summed E-state index contributed by atoms with van der Waals surface area (Å²) < 4.78 is 25.2. The van der Waals surface area contributed by atoms with Gasteiger partial charge in [-0.15, -0.1) is 0 Å². The summed E-state index contributed by atoms with van der Waals surface area (Å²) in [7, 11) is 0. The minimum absolute atomic E-state index is 0.789. The third-order valence-electron chi connectivity index (χ3n) is 1.97. The van der Waals surface area contributed by atoms with E-state index in [1.54, 1.807) is 0 Å². The van der Waals surface area contributed by atoms with Crippen molar-refractivity contribution in [2.45, 2.75) is 26.3 Å². The van der Waals surface area contributed by atoms with Crippen LogP contribution in [0.3, 0.4) is 0 Å². The van der Waals surface area contributed by atoms with Crippen LogP contribution >= 0.6 is 0 Å². The van der Waals surface area contributed by atoms with E-state index in [2.05, 4.69) is 6.58 Å². The van der Waals surface area contributed by atoms with Crippen LogP contribution in [0.25, 0.3) is 0 Å². The molecule has 0 rings (SSSR count). The number of hydrogen-bond donors (Lipinski definition) is 2. The average Bonchev–Trinajstić information content (AvgIpc) is 1.85. The first-order chi connectivity index (χ1) is 5.37. The zero-order valence-electron chi connectivity index (χ0n) is 7.17. The molecule has 0 aliphatic heterocycles. The van der Waals surface area contributed by atoms with E-state index in [-0.39, 0.29) is 0 Å². The van der Waals surface area contributed by atoms with E-state index in [0.717, 1.165) is 0 Å². The van der Waals surface area contributed by atoms with Gasteiger partial charge in [0.2, 0.25) is 0 Å². The summed E-state index contributed by atoms with van der Waals surface area (Å²) in [5.74, 6) is -2.94. The van der Waals surface area contributed by atoms with Crippen molar-refractivity contribution in [3.63, 3.8) is 0 Å². The number of halogens is 2. The van der Waals surface area contributed by atoms with E-state index in [4.69, 9.17) is 10.2 Å². The molecule has 0 bridgehead atoms. The number of aliphatic hydroxyl groups excluding tert-OH is 1. The zero-order valence-corrected chi connectivity index (χ0v) is 7.17. The van der Waals surface area contributed by atoms with Crippen LogP contribution in [-0.4, -0.2) is 22.7 Å². The highest BCUT2D eigenvalue weighted by Gasteiger charge is 2.30. The predicted octanol–water partition coefficient (Wildman–Crippen LogP) is 1.39. The van der Waals surface area contributed by atoms with Crippen molar-refractivity contribution in [2.24, 2.45) is 11.8 Å². The Morgan fingerprint density at radius 3 is 1.83 bits per heavy atom. The molecule has 72 valence electrons. The van der Waals surface area contributed by atoms with E-state index in [9.17, 15) is 8.78 Å². The van der Waals surface area contributed by atoms with Gasteiger partial charge in [-0.2, -0.15) is 0 Å². The molecule has 0 radical (unpaired) electrons. The molecule has 0 saturated heterocycles. The SMILES string of the molecule is C=C(F)[C@H](C(O)O)[C@H](C)[C@H](C)F. The quantitative estimate of drug-likeness (QED) is 0.642. The van der Waals surface area contributed by atoms with Crippen molar-refractivity contribution >= 4 is 0 Å². The maximum Gasteiger partial charge on any atom is 0.160 e. The van der Waals surface area contributed by atoms with E-state index >= 15 is 0 Å². The minimum atomic E-state index is -1.89. The first kappa shape index (κ1) is 11.5. The summed E-state index contributed by atoms with van der Waals surface area (Å²) in [6, 6.07) is 0. The molecule has 0 aromatic heterocycles. The molecule has 12 heavy (non-hydrogen) atoms. The smallest absolute Gasteiger partial charge is 0.160 e. The highest BCUT2D eigenvalue weighted by Crippen LogP contribution is 2.27. The minimum Gasteiger partial charge on any atom is -0.368 e. The molecule has 4 heteroatoms. The maximum atomic E-state index is 12.6. The van der Waals surface area contributed by atoms with Crippen LogP contribution in [0.5, 0.6) is 0 Å². The third-order valence-corrected chi connectivity index (χ3v) is 1.97. The Morgan fingerprint density at radius 1 is 1.33 bits per heavy atom. The van der Waals surface area contributed by atoms with Gasteiger partial charge in [0.05, 0.1) is 5.92 Å². The molecule has 0 unspecified atom stereocenters. The fourth-order valence-corrected chi connectivity index (χ4v) is 1.00. The lowest BCUT2D eigenvalue weighted by Crippen LogP contribution is -2.30. The molecule has 3 atom stereocenters. The second-order valence-electron chi connectivity index (χ2n) is 2.92. The van der Waals surface area contributed by atoms with Crippen LogP contribution in [0.4, 0.5) is 8.78 Å². The fourth-order valence-electron chi connectivity index (χ4n) is 1.00. The average molecular weight is 180 g/mol. The molecule has 0 aromatic rings. The van der Waals surface area contributed by atoms with Gasteiger partial charge in [-0.3, -0.25) is 0 Å². The molecular weight excluding hydrogens is 166 g/mol. The van der Waals surface area contributed by atoms with Gasteiger partial charge in [0, 0.05) is 5.92 Å². The van der Waals surface area contributed by atoms with Gasteiger partial charge >= 0.3 is 0 Å². The molecule has 0 spiro atoms. The van der Waals surface area contributed by atoms with Crippen molar-refractivity contribution < 1.29 is 19.0 Å². The monoisotopic (exact) mass is 180 g/mol. The summed E-state index contributed by atoms with van der Waals surface area (Å²) in [6.45, 7) is 5.57. The number of rotatable bonds is 4. The molecule has 2 N–H and O–H groups in total. The van der Waals surface area contributed by atoms with Gasteiger partial charge in [0.25, 0.3) is 0 Å². The second-order valence-corrected chi connectivity index (χ2v) is 2.92. The first-order valence-electron chi connectivity index (χ1n) is 3.72. The predicted molar refractivity (Wildman–Crippen MR) is 41.7 cm³/mol. The van der Waals surface area contributed by atoms with Gasteiger partial charge in [0.1, 0.15) is 12.0 Å². The Hall–Kier alpha value is -0.480. The Balaban J connectivity index is 4.40. The number of aliphatic hydroxyl groups is 2. The van der Waals surface area contributed by atoms with Gasteiger partial charge in [-0.1, -0.05) is 13.5 Å². The third kappa shape index (κ3) is 2.87. The molecular formula is C8H14F2O2. The highest BCUT2D eigenvalue weighted by molar-refractivity contribution is 4.94. The van der Waals surface area contributed by atoms with Crippen molar-refractivity contribution in [1.29, 1.82) is 0 Å². The number of alkyl halides is 1. The molecule has 0 aliphatic rings. The van der Waals surface area contributed by atoms with Gasteiger partial charge in [-0.25, -0.2) is 8.78 Å². The highest BCUT2D eigenvalue weighted by atomic mass is 19.1. The Kier molecular flexibility index (Phi) is 4.34. The van der Waals surface area contributed by atoms with Gasteiger partial charge in [-0.05, 0) is 6.92 Å². The molecule has 0 aliphatic carbocycles. The summed E-state index contributed by atoms with van der Waals surface area (Å²) in [4.78, 5) is 0. The lowest BCUT2D eigenvalue weighted by Gasteiger charge is -2.24. The topological polar surface area (TPSA) is 40.5 Å². The number of hydrogen-bond acceptors (Lipinski definition) is 2. The second kappa shape index (κ2) is 4.52. The molecule has 0 fully saturated rings. The van der Waals surface area contributed by atoms with Crippen molar-refractivity contribution in [2.75, 3.05) is 0 Å². The summed E-state index contributed by atoms with van der Waals surface area (Å²) in [6.07, 6.45) is -3.19. The largest absolute Gasteiger partial charge is 0.368 e. The lowest BCUT2D eigenvalue weighted by molar-refractivity contribution is -0.0987. The first-order valence-corrected chi connectivity index (χ1v) is 3.72. The van der Waals surface area contributed by atoms with Crippen LogP contribution in [0.1, 0.15) is 13.8 Å².